The third-order valence-corrected chi connectivity index (χ3v) is 5.04. The Morgan fingerprint density at radius 1 is 1.17 bits per heavy atom. The first-order valence-electron chi connectivity index (χ1n) is 7.53. The van der Waals surface area contributed by atoms with Crippen LogP contribution in [0, 0.1) is 11.6 Å². The quantitative estimate of drug-likeness (QED) is 0.513. The monoisotopic (exact) mass is 334 g/mol. The number of benzene rings is 1. The first-order chi connectivity index (χ1) is 11.1. The minimum absolute atomic E-state index is 0.119. The van der Waals surface area contributed by atoms with E-state index in [0.717, 1.165) is 37.8 Å². The molecule has 0 bridgehead atoms. The van der Waals surface area contributed by atoms with Crippen LogP contribution in [0.2, 0.25) is 0 Å². The third kappa shape index (κ3) is 3.82. The summed E-state index contributed by atoms with van der Waals surface area (Å²) in [5, 5.41) is 3.75. The molecule has 0 fully saturated rings. The summed E-state index contributed by atoms with van der Waals surface area (Å²) < 4.78 is 26.3. The van der Waals surface area contributed by atoms with Crippen LogP contribution in [0.1, 0.15) is 44.9 Å². The standard InChI is InChI=1S/C17H16F2N2OS/c18-13-7-6-12(14(19)9-13)10-20-21-17(22)16-8-11-4-2-1-3-5-15(11)23-16/h6-10H,1-5H2,(H,21,22)/b20-10-. The molecule has 120 valence electrons. The number of hydrazone groups is 1. The van der Waals surface area contributed by atoms with E-state index >= 15 is 0 Å². The van der Waals surface area contributed by atoms with Crippen LogP contribution in [-0.2, 0) is 12.8 Å². The zero-order valence-corrected chi connectivity index (χ0v) is 13.3. The summed E-state index contributed by atoms with van der Waals surface area (Å²) in [5.41, 5.74) is 3.77. The summed E-state index contributed by atoms with van der Waals surface area (Å²) >= 11 is 1.50. The lowest BCUT2D eigenvalue weighted by Crippen LogP contribution is -2.16. The lowest BCUT2D eigenvalue weighted by atomic mass is 10.1. The zero-order chi connectivity index (χ0) is 16.2. The van der Waals surface area contributed by atoms with Gasteiger partial charge < -0.3 is 0 Å². The lowest BCUT2D eigenvalue weighted by molar-refractivity contribution is 0.0959. The van der Waals surface area contributed by atoms with Crippen LogP contribution >= 0.6 is 11.3 Å². The molecule has 1 aromatic heterocycles. The first-order valence-corrected chi connectivity index (χ1v) is 8.35. The molecule has 0 aliphatic heterocycles. The first kappa shape index (κ1) is 15.8. The number of carbonyl (C=O) groups excluding carboxylic acids is 1. The number of amides is 1. The fourth-order valence-electron chi connectivity index (χ4n) is 2.60. The number of hydrogen-bond acceptors (Lipinski definition) is 3. The number of fused-ring (bicyclic) bond motifs is 1. The molecule has 0 spiro atoms. The van der Waals surface area contributed by atoms with Gasteiger partial charge in [0.1, 0.15) is 11.6 Å². The van der Waals surface area contributed by atoms with Gasteiger partial charge in [0.2, 0.25) is 0 Å². The maximum Gasteiger partial charge on any atom is 0.281 e. The molecular weight excluding hydrogens is 318 g/mol. The van der Waals surface area contributed by atoms with Crippen molar-refractivity contribution in [3.8, 4) is 0 Å². The molecule has 0 radical (unpaired) electrons. The van der Waals surface area contributed by atoms with E-state index in [9.17, 15) is 13.6 Å². The van der Waals surface area contributed by atoms with Gasteiger partial charge in [0, 0.05) is 16.5 Å². The molecule has 6 heteroatoms. The molecule has 0 atom stereocenters. The van der Waals surface area contributed by atoms with Gasteiger partial charge in [-0.2, -0.15) is 5.10 Å². The number of nitrogens with one attached hydrogen (secondary N) is 1. The molecule has 2 aromatic rings. The predicted molar refractivity (Wildman–Crippen MR) is 87.0 cm³/mol. The van der Waals surface area contributed by atoms with E-state index in [0.29, 0.717) is 4.88 Å². The molecular formula is C17H16F2N2OS. The Bertz CT molecular complexity index is 732. The number of rotatable bonds is 3. The lowest BCUT2D eigenvalue weighted by Gasteiger charge is -1.98. The normalized spacial score (nSPS) is 14.5. The SMILES string of the molecule is O=C(N/N=C\c1ccc(F)cc1F)c1cc2c(s1)CCCCC2. The molecule has 3 rings (SSSR count). The number of carbonyl (C=O) groups is 1. The molecule has 1 heterocycles. The molecule has 1 aromatic carbocycles. The van der Waals surface area contributed by atoms with Gasteiger partial charge in [-0.1, -0.05) is 6.42 Å². The van der Waals surface area contributed by atoms with Crippen molar-refractivity contribution in [1.29, 1.82) is 0 Å². The Balaban J connectivity index is 1.66. The molecule has 23 heavy (non-hydrogen) atoms. The van der Waals surface area contributed by atoms with Gasteiger partial charge >= 0.3 is 0 Å². The van der Waals surface area contributed by atoms with E-state index < -0.39 is 11.6 Å². The smallest absolute Gasteiger partial charge is 0.266 e. The number of halogens is 2. The number of hydrogen-bond donors (Lipinski definition) is 1. The Labute approximate surface area is 137 Å². The zero-order valence-electron chi connectivity index (χ0n) is 12.4. The summed E-state index contributed by atoms with van der Waals surface area (Å²) in [4.78, 5) is 14.0. The van der Waals surface area contributed by atoms with E-state index in [1.165, 1.54) is 40.5 Å². The largest absolute Gasteiger partial charge is 0.281 e. The van der Waals surface area contributed by atoms with Crippen molar-refractivity contribution in [2.45, 2.75) is 32.1 Å². The summed E-state index contributed by atoms with van der Waals surface area (Å²) in [7, 11) is 0. The Morgan fingerprint density at radius 3 is 2.83 bits per heavy atom. The third-order valence-electron chi connectivity index (χ3n) is 3.80. The highest BCUT2D eigenvalue weighted by Crippen LogP contribution is 2.28. The minimum atomic E-state index is -0.717. The van der Waals surface area contributed by atoms with Crippen molar-refractivity contribution in [2.24, 2.45) is 5.10 Å². The van der Waals surface area contributed by atoms with E-state index in [4.69, 9.17) is 0 Å². The second-order valence-electron chi connectivity index (χ2n) is 5.48. The summed E-state index contributed by atoms with van der Waals surface area (Å²) in [5.74, 6) is -1.67. The summed E-state index contributed by atoms with van der Waals surface area (Å²) in [6.45, 7) is 0. The van der Waals surface area contributed by atoms with Crippen molar-refractivity contribution >= 4 is 23.5 Å². The maximum atomic E-state index is 13.4. The van der Waals surface area contributed by atoms with Crippen molar-refractivity contribution in [2.75, 3.05) is 0 Å². The Hall–Kier alpha value is -2.08. The average molecular weight is 334 g/mol. The van der Waals surface area contributed by atoms with Crippen molar-refractivity contribution in [3.05, 3.63) is 56.8 Å². The van der Waals surface area contributed by atoms with Crippen LogP contribution in [0.4, 0.5) is 8.78 Å². The molecule has 0 saturated heterocycles. The van der Waals surface area contributed by atoms with E-state index in [2.05, 4.69) is 10.5 Å². The van der Waals surface area contributed by atoms with E-state index in [1.807, 2.05) is 6.07 Å². The van der Waals surface area contributed by atoms with Crippen molar-refractivity contribution < 1.29 is 13.6 Å². The fraction of sp³-hybridized carbons (Fsp3) is 0.294. The van der Waals surface area contributed by atoms with E-state index in [-0.39, 0.29) is 11.5 Å². The van der Waals surface area contributed by atoms with Crippen LogP contribution in [-0.4, -0.2) is 12.1 Å². The minimum Gasteiger partial charge on any atom is -0.266 e. The fourth-order valence-corrected chi connectivity index (χ4v) is 3.74. The molecule has 1 aliphatic carbocycles. The van der Waals surface area contributed by atoms with Gasteiger partial charge in [0.15, 0.2) is 0 Å². The highest BCUT2D eigenvalue weighted by molar-refractivity contribution is 7.14. The number of nitrogens with zero attached hydrogens (tertiary/aromatic N) is 1. The van der Waals surface area contributed by atoms with Crippen LogP contribution in [0.5, 0.6) is 0 Å². The van der Waals surface area contributed by atoms with Gasteiger partial charge in [-0.25, -0.2) is 14.2 Å². The summed E-state index contributed by atoms with van der Waals surface area (Å²) in [6, 6.07) is 5.12. The van der Waals surface area contributed by atoms with Gasteiger partial charge in [-0.05, 0) is 49.4 Å². The molecule has 1 amide bonds. The molecule has 1 aliphatic rings. The Kier molecular flexibility index (Phi) is 4.81. The summed E-state index contributed by atoms with van der Waals surface area (Å²) in [6.07, 6.45) is 6.77. The van der Waals surface area contributed by atoms with Crippen LogP contribution in [0.25, 0.3) is 0 Å². The highest BCUT2D eigenvalue weighted by Gasteiger charge is 2.16. The number of aryl methyl sites for hydroxylation is 2. The molecule has 1 N–H and O–H groups in total. The Morgan fingerprint density at radius 2 is 2.00 bits per heavy atom. The molecule has 0 unspecified atom stereocenters. The van der Waals surface area contributed by atoms with Gasteiger partial charge in [-0.15, -0.1) is 11.3 Å². The maximum absolute atomic E-state index is 13.4. The van der Waals surface area contributed by atoms with E-state index in [1.54, 1.807) is 0 Å². The highest BCUT2D eigenvalue weighted by atomic mass is 32.1. The predicted octanol–water partition coefficient (Wildman–Crippen LogP) is 4.06. The molecule has 3 nitrogen and oxygen atoms in total. The van der Waals surface area contributed by atoms with Crippen LogP contribution < -0.4 is 5.43 Å². The second kappa shape index (κ2) is 7.00. The van der Waals surface area contributed by atoms with Crippen LogP contribution in [0.3, 0.4) is 0 Å². The van der Waals surface area contributed by atoms with Gasteiger partial charge in [0.05, 0.1) is 11.1 Å². The second-order valence-corrected chi connectivity index (χ2v) is 6.62. The number of thiophene rings is 1. The van der Waals surface area contributed by atoms with Gasteiger partial charge in [0.25, 0.3) is 5.91 Å². The van der Waals surface area contributed by atoms with Crippen molar-refractivity contribution in [3.63, 3.8) is 0 Å². The molecule has 0 saturated carbocycles. The van der Waals surface area contributed by atoms with Gasteiger partial charge in [-0.3, -0.25) is 4.79 Å². The average Bonchev–Trinajstić information content (AvgIpc) is 2.80. The van der Waals surface area contributed by atoms with Crippen LogP contribution in [0.15, 0.2) is 29.4 Å². The van der Waals surface area contributed by atoms with Crippen molar-refractivity contribution in [1.82, 2.24) is 5.43 Å². The topological polar surface area (TPSA) is 41.5 Å².